The van der Waals surface area contributed by atoms with Crippen molar-refractivity contribution in [1.82, 2.24) is 15.5 Å². The van der Waals surface area contributed by atoms with Crippen LogP contribution in [0.1, 0.15) is 81.1 Å². The summed E-state index contributed by atoms with van der Waals surface area (Å²) in [5.41, 5.74) is 2.66. The molecule has 0 spiro atoms. The number of carbonyl (C=O) groups excluding carboxylic acids is 2. The second-order valence-electron chi connectivity index (χ2n) is 9.59. The first-order valence-corrected chi connectivity index (χ1v) is 12.7. The van der Waals surface area contributed by atoms with Crippen LogP contribution in [0.25, 0.3) is 0 Å². The van der Waals surface area contributed by atoms with E-state index in [4.69, 9.17) is 0 Å². The van der Waals surface area contributed by atoms with Crippen LogP contribution in [0.15, 0.2) is 18.2 Å². The molecular weight excluding hydrogens is 400 g/mol. The number of amides is 2. The Morgan fingerprint density at radius 3 is 2.50 bits per heavy atom. The van der Waals surface area contributed by atoms with Crippen LogP contribution in [0.4, 0.5) is 5.69 Å². The highest BCUT2D eigenvalue weighted by Gasteiger charge is 2.22. The molecule has 1 fully saturated rings. The van der Waals surface area contributed by atoms with Gasteiger partial charge >= 0.3 is 0 Å². The maximum atomic E-state index is 13.0. The van der Waals surface area contributed by atoms with Crippen molar-refractivity contribution in [3.8, 4) is 0 Å². The summed E-state index contributed by atoms with van der Waals surface area (Å²) in [7, 11) is 0. The Kier molecular flexibility index (Phi) is 10.0. The zero-order valence-corrected chi connectivity index (χ0v) is 20.1. The van der Waals surface area contributed by atoms with Crippen LogP contribution < -0.4 is 15.5 Å². The van der Waals surface area contributed by atoms with E-state index in [-0.39, 0.29) is 17.7 Å². The van der Waals surface area contributed by atoms with Gasteiger partial charge in [0.1, 0.15) is 0 Å². The van der Waals surface area contributed by atoms with E-state index in [1.165, 1.54) is 45.2 Å². The van der Waals surface area contributed by atoms with Gasteiger partial charge in [-0.15, -0.1) is 0 Å². The number of fused-ring (bicyclic) bond motifs is 1. The van der Waals surface area contributed by atoms with E-state index in [1.54, 1.807) is 0 Å². The Labute approximate surface area is 194 Å². The molecule has 0 atom stereocenters. The predicted octanol–water partition coefficient (Wildman–Crippen LogP) is 3.95. The van der Waals surface area contributed by atoms with Crippen LogP contribution in [0, 0.1) is 5.92 Å². The van der Waals surface area contributed by atoms with E-state index in [1.807, 2.05) is 36.9 Å². The third-order valence-electron chi connectivity index (χ3n) is 6.58. The van der Waals surface area contributed by atoms with E-state index < -0.39 is 0 Å². The molecule has 3 rings (SSSR count). The molecule has 2 aliphatic rings. The molecule has 0 saturated carbocycles. The minimum absolute atomic E-state index is 0.0259. The average Bonchev–Trinajstić information content (AvgIpc) is 3.30. The zero-order valence-electron chi connectivity index (χ0n) is 20.1. The molecular formula is C26H42N4O2. The van der Waals surface area contributed by atoms with Gasteiger partial charge in [0.05, 0.1) is 0 Å². The smallest absolute Gasteiger partial charge is 0.251 e. The molecule has 0 unspecified atom stereocenters. The highest BCUT2D eigenvalue weighted by molar-refractivity contribution is 5.98. The second-order valence-corrected chi connectivity index (χ2v) is 9.59. The Morgan fingerprint density at radius 1 is 1.00 bits per heavy atom. The first-order chi connectivity index (χ1) is 15.6. The maximum Gasteiger partial charge on any atom is 0.251 e. The van der Waals surface area contributed by atoms with Crippen molar-refractivity contribution in [2.24, 2.45) is 5.92 Å². The van der Waals surface area contributed by atoms with Crippen LogP contribution in [-0.4, -0.2) is 56.0 Å². The van der Waals surface area contributed by atoms with Gasteiger partial charge in [0.25, 0.3) is 5.91 Å². The number of anilines is 1. The fourth-order valence-corrected chi connectivity index (χ4v) is 4.68. The highest BCUT2D eigenvalue weighted by Crippen LogP contribution is 2.25. The first kappa shape index (κ1) is 24.7. The van der Waals surface area contributed by atoms with Gasteiger partial charge in [-0.1, -0.05) is 33.1 Å². The van der Waals surface area contributed by atoms with Crippen molar-refractivity contribution in [3.05, 3.63) is 29.3 Å². The fraction of sp³-hybridized carbons (Fsp3) is 0.692. The summed E-state index contributed by atoms with van der Waals surface area (Å²) < 4.78 is 0. The number of carbonyl (C=O) groups is 2. The third kappa shape index (κ3) is 7.31. The Hall–Kier alpha value is -1.92. The molecule has 32 heavy (non-hydrogen) atoms. The number of nitrogens with one attached hydrogen (secondary N) is 2. The molecule has 2 N–H and O–H groups in total. The van der Waals surface area contributed by atoms with Crippen molar-refractivity contribution < 1.29 is 9.59 Å². The van der Waals surface area contributed by atoms with Gasteiger partial charge < -0.3 is 20.4 Å². The number of likely N-dealkylation sites (tertiary alicyclic amines) is 1. The Bertz CT molecular complexity index is 743. The van der Waals surface area contributed by atoms with Crippen molar-refractivity contribution >= 4 is 17.5 Å². The molecule has 178 valence electrons. The lowest BCUT2D eigenvalue weighted by Crippen LogP contribution is -2.36. The summed E-state index contributed by atoms with van der Waals surface area (Å²) in [6.45, 7) is 10.4. The molecule has 2 heterocycles. The van der Waals surface area contributed by atoms with Gasteiger partial charge in [-0.25, -0.2) is 0 Å². The molecule has 2 aliphatic heterocycles. The second kappa shape index (κ2) is 12.9. The van der Waals surface area contributed by atoms with Crippen molar-refractivity contribution in [3.63, 3.8) is 0 Å². The third-order valence-corrected chi connectivity index (χ3v) is 6.58. The minimum atomic E-state index is -0.0534. The van der Waals surface area contributed by atoms with Gasteiger partial charge in [-0.05, 0) is 82.0 Å². The number of rotatable bonds is 6. The quantitative estimate of drug-likeness (QED) is 0.655. The zero-order chi connectivity index (χ0) is 22.8. The molecule has 0 aromatic heterocycles. The lowest BCUT2D eigenvalue weighted by molar-refractivity contribution is -0.121. The van der Waals surface area contributed by atoms with Crippen LogP contribution >= 0.6 is 0 Å². The van der Waals surface area contributed by atoms with Gasteiger partial charge in [0, 0.05) is 36.8 Å². The summed E-state index contributed by atoms with van der Waals surface area (Å²) in [5.74, 6) is 0.0757. The summed E-state index contributed by atoms with van der Waals surface area (Å²) in [6.07, 6.45) is 9.35. The number of nitrogens with zero attached hydrogens (tertiary/aromatic N) is 2. The topological polar surface area (TPSA) is 64.7 Å². The molecule has 1 aromatic carbocycles. The van der Waals surface area contributed by atoms with Crippen LogP contribution in [0.2, 0.25) is 0 Å². The standard InChI is InChI=1S/C26H42N4O2/c1-21(2)26(32)30-18-7-5-3-4-6-13-27-20-23-19-22(11-12-24(23)30)25(31)28-14-10-17-29-15-8-9-16-29/h11-12,19,21,27H,3-10,13-18,20H2,1-2H3,(H,28,31). The number of hydrogen-bond donors (Lipinski definition) is 2. The molecule has 6 heteroatoms. The molecule has 1 aromatic rings. The van der Waals surface area contributed by atoms with Crippen LogP contribution in [-0.2, 0) is 11.3 Å². The summed E-state index contributed by atoms with van der Waals surface area (Å²) >= 11 is 0. The van der Waals surface area contributed by atoms with Crippen molar-refractivity contribution in [2.45, 2.75) is 71.8 Å². The fourth-order valence-electron chi connectivity index (χ4n) is 4.68. The van der Waals surface area contributed by atoms with Crippen molar-refractivity contribution in [2.75, 3.05) is 44.2 Å². The summed E-state index contributed by atoms with van der Waals surface area (Å²) in [6, 6.07) is 5.83. The van der Waals surface area contributed by atoms with Crippen molar-refractivity contribution in [1.29, 1.82) is 0 Å². The van der Waals surface area contributed by atoms with Gasteiger partial charge in [-0.2, -0.15) is 0 Å². The van der Waals surface area contributed by atoms with Gasteiger partial charge in [0.2, 0.25) is 5.91 Å². The molecule has 2 amide bonds. The monoisotopic (exact) mass is 442 g/mol. The van der Waals surface area contributed by atoms with E-state index in [9.17, 15) is 9.59 Å². The lowest BCUT2D eigenvalue weighted by Gasteiger charge is -2.28. The predicted molar refractivity (Wildman–Crippen MR) is 131 cm³/mol. The molecule has 0 radical (unpaired) electrons. The normalized spacial score (nSPS) is 18.7. The SMILES string of the molecule is CC(C)C(=O)N1CCCCCCCNCc2cc(C(=O)NCCCN3CCCC3)ccc21. The molecule has 1 saturated heterocycles. The maximum absolute atomic E-state index is 13.0. The van der Waals surface area contributed by atoms with Crippen LogP contribution in [0.3, 0.4) is 0 Å². The van der Waals surface area contributed by atoms with E-state index in [2.05, 4.69) is 15.5 Å². The Morgan fingerprint density at radius 2 is 1.72 bits per heavy atom. The molecule has 6 nitrogen and oxygen atoms in total. The van der Waals surface area contributed by atoms with E-state index >= 15 is 0 Å². The molecule has 0 aliphatic carbocycles. The van der Waals surface area contributed by atoms with E-state index in [0.29, 0.717) is 18.7 Å². The summed E-state index contributed by atoms with van der Waals surface area (Å²) in [4.78, 5) is 30.2. The average molecular weight is 443 g/mol. The lowest BCUT2D eigenvalue weighted by atomic mass is 10.0. The first-order valence-electron chi connectivity index (χ1n) is 12.7. The van der Waals surface area contributed by atoms with Crippen LogP contribution in [0.5, 0.6) is 0 Å². The highest BCUT2D eigenvalue weighted by atomic mass is 16.2. The van der Waals surface area contributed by atoms with E-state index in [0.717, 1.165) is 50.1 Å². The molecule has 0 bridgehead atoms. The largest absolute Gasteiger partial charge is 0.352 e. The number of benzene rings is 1. The minimum Gasteiger partial charge on any atom is -0.352 e. The summed E-state index contributed by atoms with van der Waals surface area (Å²) in [5, 5.41) is 6.61. The van der Waals surface area contributed by atoms with Gasteiger partial charge in [0.15, 0.2) is 0 Å². The van der Waals surface area contributed by atoms with Gasteiger partial charge in [-0.3, -0.25) is 9.59 Å². The Balaban J connectivity index is 1.70. The number of hydrogen-bond acceptors (Lipinski definition) is 4.